The minimum Gasteiger partial charge on any atom is -0.491 e. The first-order valence-corrected chi connectivity index (χ1v) is 9.80. The number of nitrogens with zero attached hydrogens (tertiary/aromatic N) is 1. The molecule has 0 aromatic heterocycles. The summed E-state index contributed by atoms with van der Waals surface area (Å²) in [7, 11) is 1.64. The summed E-state index contributed by atoms with van der Waals surface area (Å²) in [6.45, 7) is 3.10. The van der Waals surface area contributed by atoms with Crippen molar-refractivity contribution in [3.8, 4) is 5.75 Å². The van der Waals surface area contributed by atoms with Crippen LogP contribution in [0.2, 0.25) is 0 Å². The van der Waals surface area contributed by atoms with Crippen LogP contribution in [0.5, 0.6) is 5.75 Å². The number of alkyl halides is 3. The molecule has 30 heavy (non-hydrogen) atoms. The Morgan fingerprint density at radius 1 is 1.30 bits per heavy atom. The van der Waals surface area contributed by atoms with Gasteiger partial charge in [-0.1, -0.05) is 12.1 Å². The van der Waals surface area contributed by atoms with Gasteiger partial charge in [-0.05, 0) is 37.8 Å². The first kappa shape index (κ1) is 26.8. The van der Waals surface area contributed by atoms with E-state index in [1.165, 1.54) is 0 Å². The molecule has 1 unspecified atom stereocenters. The lowest BCUT2D eigenvalue weighted by Crippen LogP contribution is -2.37. The second kappa shape index (κ2) is 13.9. The number of aliphatic imine (C=N–C) groups is 1. The molecule has 0 spiro atoms. The summed E-state index contributed by atoms with van der Waals surface area (Å²) in [4.78, 5) is 4.13. The van der Waals surface area contributed by atoms with Gasteiger partial charge >= 0.3 is 6.18 Å². The SMILES string of the molecule is CN=C(NCCCOCC(F)(F)F)NCc1ccc(C)cc1OCC1CCCO1.I. The van der Waals surface area contributed by atoms with Crippen LogP contribution in [0.3, 0.4) is 0 Å². The number of guanidine groups is 1. The zero-order valence-electron chi connectivity index (χ0n) is 17.4. The minimum atomic E-state index is -4.29. The highest BCUT2D eigenvalue weighted by molar-refractivity contribution is 14.0. The fourth-order valence-electron chi connectivity index (χ4n) is 2.87. The lowest BCUT2D eigenvalue weighted by atomic mass is 10.1. The van der Waals surface area contributed by atoms with Crippen molar-refractivity contribution >= 4 is 29.9 Å². The van der Waals surface area contributed by atoms with Crippen molar-refractivity contribution in [2.75, 3.05) is 40.0 Å². The number of aryl methyl sites for hydroxylation is 1. The summed E-state index contributed by atoms with van der Waals surface area (Å²) in [5, 5.41) is 6.26. The molecule has 6 nitrogen and oxygen atoms in total. The van der Waals surface area contributed by atoms with E-state index in [1.807, 2.05) is 25.1 Å². The molecule has 172 valence electrons. The molecule has 2 rings (SSSR count). The van der Waals surface area contributed by atoms with E-state index in [4.69, 9.17) is 9.47 Å². The number of hydrogen-bond acceptors (Lipinski definition) is 4. The van der Waals surface area contributed by atoms with Gasteiger partial charge in [0.15, 0.2) is 5.96 Å². The van der Waals surface area contributed by atoms with Crippen molar-refractivity contribution in [3.63, 3.8) is 0 Å². The average molecular weight is 545 g/mol. The zero-order chi connectivity index (χ0) is 21.1. The first-order valence-electron chi connectivity index (χ1n) is 9.80. The first-order chi connectivity index (χ1) is 13.9. The van der Waals surface area contributed by atoms with Gasteiger partial charge in [0.2, 0.25) is 0 Å². The predicted molar refractivity (Wildman–Crippen MR) is 121 cm³/mol. The largest absolute Gasteiger partial charge is 0.491 e. The van der Waals surface area contributed by atoms with E-state index in [0.29, 0.717) is 32.1 Å². The number of halogens is 4. The van der Waals surface area contributed by atoms with Crippen LogP contribution in [0, 0.1) is 6.92 Å². The molecule has 0 aliphatic carbocycles. The highest BCUT2D eigenvalue weighted by atomic mass is 127. The zero-order valence-corrected chi connectivity index (χ0v) is 19.7. The summed E-state index contributed by atoms with van der Waals surface area (Å²) in [6.07, 6.45) is -1.62. The Labute approximate surface area is 193 Å². The van der Waals surface area contributed by atoms with E-state index in [9.17, 15) is 13.2 Å². The van der Waals surface area contributed by atoms with Gasteiger partial charge in [-0.2, -0.15) is 13.2 Å². The lowest BCUT2D eigenvalue weighted by Gasteiger charge is -2.17. The van der Waals surface area contributed by atoms with Crippen LogP contribution in [-0.4, -0.2) is 58.3 Å². The van der Waals surface area contributed by atoms with Crippen LogP contribution in [-0.2, 0) is 16.0 Å². The normalized spacial score (nSPS) is 16.8. The standard InChI is InChI=1S/C20H30F3N3O3.HI/c1-15-6-7-16(18(11-15)29-13-17-5-3-10-28-17)12-26-19(24-2)25-8-4-9-27-14-20(21,22)23;/h6-7,11,17H,3-5,8-10,12-14H2,1-2H3,(H2,24,25,26);1H. The predicted octanol–water partition coefficient (Wildman–Crippen LogP) is 3.80. The molecule has 0 radical (unpaired) electrons. The molecular weight excluding hydrogens is 514 g/mol. The Balaban J connectivity index is 0.00000450. The quantitative estimate of drug-likeness (QED) is 0.203. The van der Waals surface area contributed by atoms with Crippen molar-refractivity contribution in [2.45, 2.75) is 45.0 Å². The number of hydrogen-bond donors (Lipinski definition) is 2. The molecule has 1 aromatic carbocycles. The Hall–Kier alpha value is -1.27. The van der Waals surface area contributed by atoms with Gasteiger partial charge in [0, 0.05) is 38.9 Å². The van der Waals surface area contributed by atoms with Crippen LogP contribution in [0.1, 0.15) is 30.4 Å². The van der Waals surface area contributed by atoms with E-state index in [2.05, 4.69) is 20.4 Å². The Morgan fingerprint density at radius 3 is 2.77 bits per heavy atom. The Kier molecular flexibility index (Phi) is 12.4. The number of ether oxygens (including phenoxy) is 3. The van der Waals surface area contributed by atoms with Crippen molar-refractivity contribution in [1.82, 2.24) is 10.6 Å². The molecule has 1 aromatic rings. The van der Waals surface area contributed by atoms with E-state index in [1.54, 1.807) is 7.05 Å². The molecule has 1 saturated heterocycles. The summed E-state index contributed by atoms with van der Waals surface area (Å²) >= 11 is 0. The molecule has 1 heterocycles. The van der Waals surface area contributed by atoms with E-state index < -0.39 is 12.8 Å². The third kappa shape index (κ3) is 10.7. The second-order valence-electron chi connectivity index (χ2n) is 6.93. The van der Waals surface area contributed by atoms with Crippen LogP contribution in [0.4, 0.5) is 13.2 Å². The maximum atomic E-state index is 12.0. The van der Waals surface area contributed by atoms with Crippen molar-refractivity contribution in [3.05, 3.63) is 29.3 Å². The molecule has 1 aliphatic rings. The molecule has 0 amide bonds. The van der Waals surface area contributed by atoms with Crippen LogP contribution in [0.25, 0.3) is 0 Å². The topological polar surface area (TPSA) is 64.1 Å². The maximum Gasteiger partial charge on any atom is 0.411 e. The molecule has 1 atom stereocenters. The Bertz CT molecular complexity index is 654. The molecule has 1 fully saturated rings. The maximum absolute atomic E-state index is 12.0. The van der Waals surface area contributed by atoms with Crippen molar-refractivity contribution in [2.24, 2.45) is 4.99 Å². The molecule has 10 heteroatoms. The van der Waals surface area contributed by atoms with Crippen molar-refractivity contribution < 1.29 is 27.4 Å². The van der Waals surface area contributed by atoms with Crippen LogP contribution >= 0.6 is 24.0 Å². The molecule has 1 aliphatic heterocycles. The monoisotopic (exact) mass is 545 g/mol. The lowest BCUT2D eigenvalue weighted by molar-refractivity contribution is -0.173. The molecular formula is C20H31F3IN3O3. The number of benzene rings is 1. The van der Waals surface area contributed by atoms with Crippen LogP contribution < -0.4 is 15.4 Å². The van der Waals surface area contributed by atoms with Gasteiger partial charge in [-0.3, -0.25) is 4.99 Å². The van der Waals surface area contributed by atoms with E-state index in [-0.39, 0.29) is 36.7 Å². The average Bonchev–Trinajstić information content (AvgIpc) is 3.19. The highest BCUT2D eigenvalue weighted by Gasteiger charge is 2.27. The van der Waals surface area contributed by atoms with E-state index >= 15 is 0 Å². The van der Waals surface area contributed by atoms with Gasteiger partial charge in [0.1, 0.15) is 19.0 Å². The summed E-state index contributed by atoms with van der Waals surface area (Å²) in [5.41, 5.74) is 2.10. The van der Waals surface area contributed by atoms with Gasteiger partial charge in [-0.25, -0.2) is 0 Å². The fraction of sp³-hybridized carbons (Fsp3) is 0.650. The summed E-state index contributed by atoms with van der Waals surface area (Å²) in [5.74, 6) is 1.37. The minimum absolute atomic E-state index is 0. The van der Waals surface area contributed by atoms with Crippen LogP contribution in [0.15, 0.2) is 23.2 Å². The van der Waals surface area contributed by atoms with Crippen molar-refractivity contribution in [1.29, 1.82) is 0 Å². The smallest absolute Gasteiger partial charge is 0.411 e. The summed E-state index contributed by atoms with van der Waals surface area (Å²) in [6, 6.07) is 6.02. The molecule has 0 saturated carbocycles. The van der Waals surface area contributed by atoms with Gasteiger partial charge < -0.3 is 24.8 Å². The fourth-order valence-corrected chi connectivity index (χ4v) is 2.87. The number of rotatable bonds is 10. The van der Waals surface area contributed by atoms with Gasteiger partial charge in [0.05, 0.1) is 6.10 Å². The van der Waals surface area contributed by atoms with Gasteiger partial charge in [0.25, 0.3) is 0 Å². The third-order valence-corrected chi connectivity index (χ3v) is 4.36. The van der Waals surface area contributed by atoms with Gasteiger partial charge in [-0.15, -0.1) is 24.0 Å². The third-order valence-electron chi connectivity index (χ3n) is 4.36. The summed E-state index contributed by atoms with van der Waals surface area (Å²) < 4.78 is 52.3. The molecule has 0 bridgehead atoms. The molecule has 2 N–H and O–H groups in total. The highest BCUT2D eigenvalue weighted by Crippen LogP contribution is 2.22. The second-order valence-corrected chi connectivity index (χ2v) is 6.93. The van der Waals surface area contributed by atoms with E-state index in [0.717, 1.165) is 36.3 Å². The Morgan fingerprint density at radius 2 is 2.10 bits per heavy atom. The number of nitrogens with one attached hydrogen (secondary N) is 2.